The molecule has 0 unspecified atom stereocenters. The number of benzene rings is 1. The van der Waals surface area contributed by atoms with Crippen LogP contribution in [0.25, 0.3) is 10.9 Å². The SMILES string of the molecule is CS(=O)(=O)c1c(C(=O)O)nnc2cc(F)ccc12. The molecule has 0 spiro atoms. The van der Waals surface area contributed by atoms with Gasteiger partial charge in [0.05, 0.1) is 5.52 Å². The van der Waals surface area contributed by atoms with Gasteiger partial charge in [0.2, 0.25) is 0 Å². The Morgan fingerprint density at radius 2 is 2.00 bits per heavy atom. The average Bonchev–Trinajstić information content (AvgIpc) is 2.25. The lowest BCUT2D eigenvalue weighted by atomic mass is 10.2. The van der Waals surface area contributed by atoms with E-state index in [1.54, 1.807) is 0 Å². The lowest BCUT2D eigenvalue weighted by molar-refractivity contribution is 0.0685. The summed E-state index contributed by atoms with van der Waals surface area (Å²) in [5, 5.41) is 15.8. The molecule has 2 aromatic rings. The third-order valence-corrected chi connectivity index (χ3v) is 3.41. The number of halogens is 1. The molecule has 0 bridgehead atoms. The van der Waals surface area contributed by atoms with Crippen molar-refractivity contribution in [2.45, 2.75) is 4.90 Å². The van der Waals surface area contributed by atoms with Crippen LogP contribution in [-0.4, -0.2) is 35.9 Å². The normalized spacial score (nSPS) is 11.7. The van der Waals surface area contributed by atoms with Crippen LogP contribution in [0, 0.1) is 5.82 Å². The Morgan fingerprint density at radius 3 is 2.56 bits per heavy atom. The van der Waals surface area contributed by atoms with Gasteiger partial charge < -0.3 is 5.11 Å². The monoisotopic (exact) mass is 270 g/mol. The van der Waals surface area contributed by atoms with E-state index in [-0.39, 0.29) is 10.9 Å². The van der Waals surface area contributed by atoms with E-state index < -0.39 is 32.2 Å². The largest absolute Gasteiger partial charge is 0.476 e. The fourth-order valence-corrected chi connectivity index (χ4v) is 2.62. The first-order chi connectivity index (χ1) is 8.30. The highest BCUT2D eigenvalue weighted by molar-refractivity contribution is 7.91. The molecule has 1 heterocycles. The number of nitrogens with zero attached hydrogens (tertiary/aromatic N) is 2. The zero-order valence-electron chi connectivity index (χ0n) is 9.08. The molecule has 0 atom stereocenters. The maximum atomic E-state index is 13.0. The number of carboxylic acids is 1. The average molecular weight is 270 g/mol. The van der Waals surface area contributed by atoms with Gasteiger partial charge in [-0.2, -0.15) is 0 Å². The van der Waals surface area contributed by atoms with Crippen molar-refractivity contribution in [2.75, 3.05) is 6.26 Å². The van der Waals surface area contributed by atoms with Crippen LogP contribution in [-0.2, 0) is 9.84 Å². The fourth-order valence-electron chi connectivity index (χ4n) is 1.57. The summed E-state index contributed by atoms with van der Waals surface area (Å²) in [6.07, 6.45) is 0.860. The first-order valence-corrected chi connectivity index (χ1v) is 6.59. The smallest absolute Gasteiger partial charge is 0.357 e. The Kier molecular flexibility index (Phi) is 2.74. The van der Waals surface area contributed by atoms with Crippen molar-refractivity contribution in [3.63, 3.8) is 0 Å². The number of fused-ring (bicyclic) bond motifs is 1. The summed E-state index contributed by atoms with van der Waals surface area (Å²) in [6, 6.07) is 3.19. The summed E-state index contributed by atoms with van der Waals surface area (Å²) >= 11 is 0. The van der Waals surface area contributed by atoms with Crippen LogP contribution in [0.2, 0.25) is 0 Å². The van der Waals surface area contributed by atoms with E-state index in [1.165, 1.54) is 6.07 Å². The highest BCUT2D eigenvalue weighted by atomic mass is 32.2. The summed E-state index contributed by atoms with van der Waals surface area (Å²) in [5.41, 5.74) is -0.683. The van der Waals surface area contributed by atoms with Gasteiger partial charge in [-0.1, -0.05) is 0 Å². The topological polar surface area (TPSA) is 97.2 Å². The Balaban J connectivity index is 2.99. The second-order valence-electron chi connectivity index (χ2n) is 3.62. The van der Waals surface area contributed by atoms with Crippen LogP contribution in [0.3, 0.4) is 0 Å². The number of aromatic carboxylic acids is 1. The van der Waals surface area contributed by atoms with E-state index >= 15 is 0 Å². The van der Waals surface area contributed by atoms with Crippen LogP contribution < -0.4 is 0 Å². The molecule has 18 heavy (non-hydrogen) atoms. The molecule has 0 aliphatic rings. The lowest BCUT2D eigenvalue weighted by Crippen LogP contribution is -2.12. The first-order valence-electron chi connectivity index (χ1n) is 4.70. The minimum absolute atomic E-state index is 0.0135. The van der Waals surface area contributed by atoms with Gasteiger partial charge in [0.1, 0.15) is 10.7 Å². The Morgan fingerprint density at radius 1 is 1.33 bits per heavy atom. The first kappa shape index (κ1) is 12.4. The van der Waals surface area contributed by atoms with Crippen molar-refractivity contribution >= 4 is 26.7 Å². The molecule has 0 saturated heterocycles. The van der Waals surface area contributed by atoms with Crippen molar-refractivity contribution in [1.29, 1.82) is 0 Å². The number of carbonyl (C=O) groups is 1. The molecule has 0 radical (unpaired) electrons. The number of hydrogen-bond acceptors (Lipinski definition) is 5. The maximum absolute atomic E-state index is 13.0. The summed E-state index contributed by atoms with van der Waals surface area (Å²) in [7, 11) is -3.82. The van der Waals surface area contributed by atoms with Crippen LogP contribution >= 0.6 is 0 Å². The van der Waals surface area contributed by atoms with Gasteiger partial charge in [0.25, 0.3) is 0 Å². The van der Waals surface area contributed by atoms with Crippen molar-refractivity contribution in [1.82, 2.24) is 10.2 Å². The molecule has 0 saturated carbocycles. The van der Waals surface area contributed by atoms with Gasteiger partial charge in [-0.05, 0) is 12.1 Å². The highest BCUT2D eigenvalue weighted by Crippen LogP contribution is 2.24. The van der Waals surface area contributed by atoms with Gasteiger partial charge in [0, 0.05) is 17.7 Å². The minimum atomic E-state index is -3.82. The van der Waals surface area contributed by atoms with Crippen molar-refractivity contribution in [3.05, 3.63) is 29.7 Å². The zero-order valence-corrected chi connectivity index (χ0v) is 9.90. The summed E-state index contributed by atoms with van der Waals surface area (Å²) < 4.78 is 36.3. The Hall–Kier alpha value is -2.09. The van der Waals surface area contributed by atoms with Crippen LogP contribution in [0.4, 0.5) is 4.39 Å². The minimum Gasteiger partial charge on any atom is -0.476 e. The second-order valence-corrected chi connectivity index (χ2v) is 5.57. The predicted octanol–water partition coefficient (Wildman–Crippen LogP) is 0.871. The van der Waals surface area contributed by atoms with Crippen LogP contribution in [0.5, 0.6) is 0 Å². The molecule has 8 heteroatoms. The third-order valence-electron chi connectivity index (χ3n) is 2.25. The molecule has 0 aliphatic carbocycles. The van der Waals surface area contributed by atoms with Crippen LogP contribution in [0.15, 0.2) is 23.1 Å². The van der Waals surface area contributed by atoms with Gasteiger partial charge >= 0.3 is 5.97 Å². The quantitative estimate of drug-likeness (QED) is 0.869. The number of hydrogen-bond donors (Lipinski definition) is 1. The molecule has 1 N–H and O–H groups in total. The molecule has 1 aromatic heterocycles. The summed E-state index contributed by atoms with van der Waals surface area (Å²) in [6.45, 7) is 0. The molecule has 2 rings (SSSR count). The fraction of sp³-hybridized carbons (Fsp3) is 0.100. The van der Waals surface area contributed by atoms with Crippen molar-refractivity contribution in [3.8, 4) is 0 Å². The van der Waals surface area contributed by atoms with Crippen LogP contribution in [0.1, 0.15) is 10.5 Å². The molecular weight excluding hydrogens is 263 g/mol. The van der Waals surface area contributed by atoms with E-state index in [0.717, 1.165) is 18.4 Å². The maximum Gasteiger partial charge on any atom is 0.357 e. The third kappa shape index (κ3) is 2.02. The molecular formula is C10H7FN2O4S. The summed E-state index contributed by atoms with van der Waals surface area (Å²) in [5.74, 6) is -2.12. The van der Waals surface area contributed by atoms with Gasteiger partial charge in [-0.15, -0.1) is 10.2 Å². The standard InChI is InChI=1S/C10H7FN2O4S/c1-18(16,17)9-6-3-2-5(11)4-7(6)12-13-8(9)10(14)15/h2-4H,1H3,(H,14,15). The zero-order chi connectivity index (χ0) is 13.5. The molecule has 0 aliphatic heterocycles. The number of aromatic nitrogens is 2. The summed E-state index contributed by atoms with van der Waals surface area (Å²) in [4.78, 5) is 10.5. The number of carboxylic acid groups (broad SMARTS) is 1. The van der Waals surface area contributed by atoms with Gasteiger partial charge in [-0.3, -0.25) is 0 Å². The number of rotatable bonds is 2. The predicted molar refractivity (Wildman–Crippen MR) is 59.6 cm³/mol. The molecule has 1 aromatic carbocycles. The number of sulfone groups is 1. The van der Waals surface area contributed by atoms with E-state index in [1.807, 2.05) is 0 Å². The van der Waals surface area contributed by atoms with E-state index in [0.29, 0.717) is 0 Å². The Labute approximate surface area is 101 Å². The van der Waals surface area contributed by atoms with E-state index in [9.17, 15) is 17.6 Å². The molecule has 6 nitrogen and oxygen atoms in total. The Bertz CT molecular complexity index is 758. The van der Waals surface area contributed by atoms with Crippen molar-refractivity contribution in [2.24, 2.45) is 0 Å². The molecule has 0 fully saturated rings. The lowest BCUT2D eigenvalue weighted by Gasteiger charge is -2.06. The van der Waals surface area contributed by atoms with Gasteiger partial charge in [-0.25, -0.2) is 17.6 Å². The molecule has 0 amide bonds. The highest BCUT2D eigenvalue weighted by Gasteiger charge is 2.24. The van der Waals surface area contributed by atoms with E-state index in [2.05, 4.69) is 10.2 Å². The van der Waals surface area contributed by atoms with E-state index in [4.69, 9.17) is 5.11 Å². The molecule has 94 valence electrons. The van der Waals surface area contributed by atoms with Gasteiger partial charge in [0.15, 0.2) is 15.5 Å². The van der Waals surface area contributed by atoms with Crippen molar-refractivity contribution < 1.29 is 22.7 Å². The second kappa shape index (κ2) is 3.98.